The van der Waals surface area contributed by atoms with Gasteiger partial charge in [-0.25, -0.2) is 9.78 Å². The number of hydrogen-bond acceptors (Lipinski definition) is 5. The zero-order chi connectivity index (χ0) is 14.4. The van der Waals surface area contributed by atoms with Crippen LogP contribution in [-0.4, -0.2) is 33.8 Å². The Labute approximate surface area is 116 Å². The molecule has 0 aliphatic heterocycles. The van der Waals surface area contributed by atoms with Gasteiger partial charge in [-0.2, -0.15) is 0 Å². The quantitative estimate of drug-likeness (QED) is 0.815. The second-order valence-corrected chi connectivity index (χ2v) is 4.05. The van der Waals surface area contributed by atoms with Crippen LogP contribution in [0.5, 0.6) is 11.5 Å². The van der Waals surface area contributed by atoms with Crippen LogP contribution >= 0.6 is 0 Å². The summed E-state index contributed by atoms with van der Waals surface area (Å²) in [6.45, 7) is 3.04. The number of phenolic OH excluding ortho intramolecular Hbond substituents is 1. The Hall–Kier alpha value is -2.50. The number of ether oxygens (including phenoxy) is 2. The summed E-state index contributed by atoms with van der Waals surface area (Å²) in [5, 5.41) is 9.81. The predicted octanol–water partition coefficient (Wildman–Crippen LogP) is 1.84. The molecule has 1 aromatic carbocycles. The Morgan fingerprint density at radius 3 is 2.95 bits per heavy atom. The molecule has 1 heterocycles. The number of aromatic nitrogens is 2. The molecule has 2 rings (SSSR count). The van der Waals surface area contributed by atoms with Gasteiger partial charge in [0.05, 0.1) is 25.0 Å². The zero-order valence-corrected chi connectivity index (χ0v) is 11.2. The average molecular weight is 276 g/mol. The fourth-order valence-electron chi connectivity index (χ4n) is 1.66. The van der Waals surface area contributed by atoms with Gasteiger partial charge in [0, 0.05) is 12.4 Å². The summed E-state index contributed by atoms with van der Waals surface area (Å²) >= 11 is 0. The summed E-state index contributed by atoms with van der Waals surface area (Å²) in [7, 11) is 0. The van der Waals surface area contributed by atoms with Crippen LogP contribution in [-0.2, 0) is 11.3 Å². The lowest BCUT2D eigenvalue weighted by Crippen LogP contribution is -2.07. The van der Waals surface area contributed by atoms with Crippen LogP contribution in [0.15, 0.2) is 36.9 Å². The molecule has 0 aliphatic carbocycles. The molecule has 0 atom stereocenters. The minimum Gasteiger partial charge on any atom is -0.504 e. The van der Waals surface area contributed by atoms with Crippen LogP contribution in [0.1, 0.15) is 17.3 Å². The molecular weight excluding hydrogens is 260 g/mol. The second-order valence-electron chi connectivity index (χ2n) is 4.05. The van der Waals surface area contributed by atoms with Crippen molar-refractivity contribution in [3.8, 4) is 11.5 Å². The number of rotatable bonds is 6. The third kappa shape index (κ3) is 3.50. The van der Waals surface area contributed by atoms with Gasteiger partial charge >= 0.3 is 5.97 Å². The summed E-state index contributed by atoms with van der Waals surface area (Å²) < 4.78 is 12.2. The van der Waals surface area contributed by atoms with Crippen LogP contribution in [0, 0.1) is 0 Å². The van der Waals surface area contributed by atoms with E-state index in [0.29, 0.717) is 31.1 Å². The van der Waals surface area contributed by atoms with Crippen LogP contribution in [0.3, 0.4) is 0 Å². The lowest BCUT2D eigenvalue weighted by Gasteiger charge is -2.09. The summed E-state index contributed by atoms with van der Waals surface area (Å²) in [5.41, 5.74) is 0.298. The highest BCUT2D eigenvalue weighted by Crippen LogP contribution is 2.27. The van der Waals surface area contributed by atoms with Crippen molar-refractivity contribution in [3.63, 3.8) is 0 Å². The van der Waals surface area contributed by atoms with Crippen molar-refractivity contribution in [3.05, 3.63) is 42.5 Å². The maximum Gasteiger partial charge on any atom is 0.338 e. The Kier molecular flexibility index (Phi) is 4.60. The lowest BCUT2D eigenvalue weighted by molar-refractivity contribution is 0.0526. The van der Waals surface area contributed by atoms with Gasteiger partial charge in [0.15, 0.2) is 11.5 Å². The van der Waals surface area contributed by atoms with Crippen molar-refractivity contribution in [2.24, 2.45) is 0 Å². The first-order chi connectivity index (χ1) is 9.70. The minimum atomic E-state index is -0.465. The molecule has 0 spiro atoms. The molecule has 20 heavy (non-hydrogen) atoms. The van der Waals surface area contributed by atoms with Crippen LogP contribution in [0.4, 0.5) is 0 Å². The Balaban J connectivity index is 1.93. The standard InChI is InChI=1S/C14H16N2O4/c1-2-19-14(18)11-3-4-13(12(17)9-11)20-8-7-16-6-5-15-10-16/h3-6,9-10,17H,2,7-8H2,1H3. The van der Waals surface area contributed by atoms with Gasteiger partial charge in [-0.1, -0.05) is 0 Å². The van der Waals surface area contributed by atoms with E-state index < -0.39 is 5.97 Å². The van der Waals surface area contributed by atoms with Gasteiger partial charge in [-0.3, -0.25) is 0 Å². The van der Waals surface area contributed by atoms with Gasteiger partial charge in [-0.15, -0.1) is 0 Å². The normalized spacial score (nSPS) is 10.2. The fraction of sp³-hybridized carbons (Fsp3) is 0.286. The number of esters is 1. The van der Waals surface area contributed by atoms with Crippen molar-refractivity contribution < 1.29 is 19.4 Å². The first-order valence-electron chi connectivity index (χ1n) is 6.29. The third-order valence-corrected chi connectivity index (χ3v) is 2.64. The molecule has 0 bridgehead atoms. The van der Waals surface area contributed by atoms with E-state index in [4.69, 9.17) is 9.47 Å². The Morgan fingerprint density at radius 1 is 1.45 bits per heavy atom. The van der Waals surface area contributed by atoms with Gasteiger partial charge in [0.1, 0.15) is 6.61 Å². The molecule has 6 nitrogen and oxygen atoms in total. The Morgan fingerprint density at radius 2 is 2.30 bits per heavy atom. The number of hydrogen-bond donors (Lipinski definition) is 1. The molecule has 6 heteroatoms. The molecule has 0 fully saturated rings. The maximum absolute atomic E-state index is 11.5. The topological polar surface area (TPSA) is 73.6 Å². The fourth-order valence-corrected chi connectivity index (χ4v) is 1.66. The highest BCUT2D eigenvalue weighted by molar-refractivity contribution is 5.90. The average Bonchev–Trinajstić information content (AvgIpc) is 2.94. The highest BCUT2D eigenvalue weighted by atomic mass is 16.5. The van der Waals surface area contributed by atoms with Crippen molar-refractivity contribution >= 4 is 5.97 Å². The number of nitrogens with zero attached hydrogens (tertiary/aromatic N) is 2. The number of imidazole rings is 1. The van der Waals surface area contributed by atoms with E-state index in [1.54, 1.807) is 31.6 Å². The largest absolute Gasteiger partial charge is 0.504 e. The summed E-state index contributed by atoms with van der Waals surface area (Å²) in [6.07, 6.45) is 5.20. The number of carbonyl (C=O) groups is 1. The zero-order valence-electron chi connectivity index (χ0n) is 11.2. The molecule has 0 radical (unpaired) electrons. The van der Waals surface area contributed by atoms with Gasteiger partial charge in [-0.05, 0) is 25.1 Å². The van der Waals surface area contributed by atoms with E-state index in [1.165, 1.54) is 6.07 Å². The highest BCUT2D eigenvalue weighted by Gasteiger charge is 2.10. The summed E-state index contributed by atoms with van der Waals surface area (Å²) in [5.74, 6) is -0.216. The van der Waals surface area contributed by atoms with Crippen molar-refractivity contribution in [1.82, 2.24) is 9.55 Å². The molecule has 0 unspecified atom stereocenters. The van der Waals surface area contributed by atoms with Crippen LogP contribution in [0.2, 0.25) is 0 Å². The van der Waals surface area contributed by atoms with Crippen molar-refractivity contribution in [2.45, 2.75) is 13.5 Å². The van der Waals surface area contributed by atoms with Gasteiger partial charge < -0.3 is 19.1 Å². The van der Waals surface area contributed by atoms with E-state index in [0.717, 1.165) is 0 Å². The first-order valence-corrected chi connectivity index (χ1v) is 6.29. The molecule has 0 amide bonds. The van der Waals surface area contributed by atoms with E-state index >= 15 is 0 Å². The van der Waals surface area contributed by atoms with E-state index in [9.17, 15) is 9.90 Å². The predicted molar refractivity (Wildman–Crippen MR) is 71.8 cm³/mol. The number of aromatic hydroxyl groups is 1. The SMILES string of the molecule is CCOC(=O)c1ccc(OCCn2ccnc2)c(O)c1. The summed E-state index contributed by atoms with van der Waals surface area (Å²) in [4.78, 5) is 15.4. The molecular formula is C14H16N2O4. The lowest BCUT2D eigenvalue weighted by atomic mass is 10.2. The molecule has 0 saturated heterocycles. The van der Waals surface area contributed by atoms with Gasteiger partial charge in [0.2, 0.25) is 0 Å². The van der Waals surface area contributed by atoms with Crippen molar-refractivity contribution in [2.75, 3.05) is 13.2 Å². The molecule has 106 valence electrons. The number of carbonyl (C=O) groups excluding carboxylic acids is 1. The molecule has 1 N–H and O–H groups in total. The number of benzene rings is 1. The molecule has 2 aromatic rings. The molecule has 1 aromatic heterocycles. The smallest absolute Gasteiger partial charge is 0.338 e. The van der Waals surface area contributed by atoms with Crippen LogP contribution in [0.25, 0.3) is 0 Å². The molecule has 0 aliphatic rings. The minimum absolute atomic E-state index is 0.0822. The summed E-state index contributed by atoms with van der Waals surface area (Å²) in [6, 6.07) is 4.45. The number of phenols is 1. The monoisotopic (exact) mass is 276 g/mol. The maximum atomic E-state index is 11.5. The van der Waals surface area contributed by atoms with E-state index in [-0.39, 0.29) is 5.75 Å². The van der Waals surface area contributed by atoms with E-state index in [1.807, 2.05) is 10.8 Å². The molecule has 0 saturated carbocycles. The second kappa shape index (κ2) is 6.60. The van der Waals surface area contributed by atoms with Crippen LogP contribution < -0.4 is 4.74 Å². The third-order valence-electron chi connectivity index (χ3n) is 2.64. The van der Waals surface area contributed by atoms with Gasteiger partial charge in [0.25, 0.3) is 0 Å². The van der Waals surface area contributed by atoms with Crippen molar-refractivity contribution in [1.29, 1.82) is 0 Å². The first kappa shape index (κ1) is 13.9. The Bertz CT molecular complexity index is 567. The van der Waals surface area contributed by atoms with E-state index in [2.05, 4.69) is 4.98 Å².